The summed E-state index contributed by atoms with van der Waals surface area (Å²) in [5.74, 6) is 2.58. The van der Waals surface area contributed by atoms with Gasteiger partial charge in [-0.05, 0) is 43.1 Å². The normalized spacial score (nSPS) is 12.6. The molecule has 0 amide bonds. The molecule has 0 bridgehead atoms. The molecule has 21 heavy (non-hydrogen) atoms. The smallest absolute Gasteiger partial charge is 0.170 e. The van der Waals surface area contributed by atoms with Gasteiger partial charge in [-0.2, -0.15) is 4.37 Å². The highest BCUT2D eigenvalue weighted by molar-refractivity contribution is 8.00. The Morgan fingerprint density at radius 1 is 1.29 bits per heavy atom. The third kappa shape index (κ3) is 4.98. The van der Waals surface area contributed by atoms with Crippen LogP contribution in [0.1, 0.15) is 38.2 Å². The summed E-state index contributed by atoms with van der Waals surface area (Å²) >= 11 is 3.11. The quantitative estimate of drug-likeness (QED) is 0.788. The van der Waals surface area contributed by atoms with Gasteiger partial charge in [0.25, 0.3) is 0 Å². The molecule has 1 aromatic heterocycles. The van der Waals surface area contributed by atoms with Gasteiger partial charge in [0.05, 0.1) is 6.10 Å². The highest BCUT2D eigenvalue weighted by Gasteiger charge is 2.10. The molecule has 6 heteroatoms. The first-order chi connectivity index (χ1) is 10.1. The molecule has 1 heterocycles. The summed E-state index contributed by atoms with van der Waals surface area (Å²) in [6.45, 7) is 6.09. The Bertz CT molecular complexity index is 554. The van der Waals surface area contributed by atoms with Crippen LogP contribution in [0.25, 0.3) is 0 Å². The number of benzene rings is 1. The Balaban J connectivity index is 1.89. The molecule has 0 saturated carbocycles. The van der Waals surface area contributed by atoms with Crippen molar-refractivity contribution in [2.24, 2.45) is 5.73 Å². The highest BCUT2D eigenvalue weighted by Crippen LogP contribution is 2.26. The first kappa shape index (κ1) is 16.3. The SMILES string of the molecule is CCc1nsc(SCC(N)c2ccc(OC(C)C)cc2)n1. The number of aryl methyl sites for hydroxylation is 1. The minimum atomic E-state index is -0.0166. The monoisotopic (exact) mass is 323 g/mol. The number of rotatable bonds is 7. The van der Waals surface area contributed by atoms with E-state index in [2.05, 4.69) is 16.3 Å². The summed E-state index contributed by atoms with van der Waals surface area (Å²) in [5, 5.41) is 0. The van der Waals surface area contributed by atoms with Crippen molar-refractivity contribution in [3.63, 3.8) is 0 Å². The van der Waals surface area contributed by atoms with Crippen molar-refractivity contribution < 1.29 is 4.74 Å². The van der Waals surface area contributed by atoms with Gasteiger partial charge < -0.3 is 10.5 Å². The van der Waals surface area contributed by atoms with Gasteiger partial charge in [-0.25, -0.2) is 4.98 Å². The van der Waals surface area contributed by atoms with Crippen LogP contribution < -0.4 is 10.5 Å². The van der Waals surface area contributed by atoms with E-state index in [0.717, 1.165) is 33.7 Å². The lowest BCUT2D eigenvalue weighted by Gasteiger charge is -2.13. The lowest BCUT2D eigenvalue weighted by atomic mass is 10.1. The second-order valence-electron chi connectivity index (χ2n) is 4.98. The number of aromatic nitrogens is 2. The third-order valence-electron chi connectivity index (χ3n) is 2.83. The van der Waals surface area contributed by atoms with Crippen molar-refractivity contribution in [2.45, 2.75) is 43.7 Å². The van der Waals surface area contributed by atoms with Gasteiger partial charge in [0, 0.05) is 18.2 Å². The van der Waals surface area contributed by atoms with Crippen molar-refractivity contribution in [1.82, 2.24) is 9.36 Å². The van der Waals surface area contributed by atoms with Gasteiger partial charge >= 0.3 is 0 Å². The molecule has 0 spiro atoms. The van der Waals surface area contributed by atoms with Crippen LogP contribution in [0.15, 0.2) is 28.6 Å². The minimum Gasteiger partial charge on any atom is -0.491 e. The molecule has 114 valence electrons. The van der Waals surface area contributed by atoms with Gasteiger partial charge in [-0.3, -0.25) is 0 Å². The van der Waals surface area contributed by atoms with E-state index in [4.69, 9.17) is 10.5 Å². The maximum atomic E-state index is 6.23. The van der Waals surface area contributed by atoms with E-state index in [1.54, 1.807) is 11.8 Å². The molecule has 0 fully saturated rings. The molecular formula is C15H21N3OS2. The summed E-state index contributed by atoms with van der Waals surface area (Å²) in [5.41, 5.74) is 7.34. The van der Waals surface area contributed by atoms with Crippen LogP contribution in [-0.4, -0.2) is 21.2 Å². The van der Waals surface area contributed by atoms with Crippen LogP contribution in [0.4, 0.5) is 0 Å². The predicted octanol–water partition coefficient (Wildman–Crippen LogP) is 3.68. The Morgan fingerprint density at radius 2 is 2.00 bits per heavy atom. The Labute approximate surface area is 134 Å². The highest BCUT2D eigenvalue weighted by atomic mass is 32.2. The maximum Gasteiger partial charge on any atom is 0.170 e. The van der Waals surface area contributed by atoms with Crippen LogP contribution in [0, 0.1) is 0 Å². The number of hydrogen-bond acceptors (Lipinski definition) is 6. The third-order valence-corrected chi connectivity index (χ3v) is 4.82. The van der Waals surface area contributed by atoms with Crippen LogP contribution in [0.2, 0.25) is 0 Å². The molecule has 0 aliphatic carbocycles. The lowest BCUT2D eigenvalue weighted by molar-refractivity contribution is 0.242. The molecule has 1 unspecified atom stereocenters. The minimum absolute atomic E-state index is 0.0166. The number of hydrogen-bond donors (Lipinski definition) is 1. The van der Waals surface area contributed by atoms with E-state index in [9.17, 15) is 0 Å². The average molecular weight is 323 g/mol. The number of nitrogens with zero attached hydrogens (tertiary/aromatic N) is 2. The number of thioether (sulfide) groups is 1. The summed E-state index contributed by atoms with van der Waals surface area (Å²) in [7, 11) is 0. The van der Waals surface area contributed by atoms with Gasteiger partial charge in [0.1, 0.15) is 11.6 Å². The van der Waals surface area contributed by atoms with Crippen LogP contribution >= 0.6 is 23.3 Å². The standard InChI is InChI=1S/C15H21N3OS2/c1-4-14-17-15(21-18-14)20-9-13(16)11-5-7-12(8-6-11)19-10(2)3/h5-8,10,13H,4,9,16H2,1-3H3. The summed E-state index contributed by atoms with van der Waals surface area (Å²) in [6.07, 6.45) is 1.06. The molecule has 2 N–H and O–H groups in total. The van der Waals surface area contributed by atoms with Crippen LogP contribution in [-0.2, 0) is 6.42 Å². The molecule has 0 saturated heterocycles. The van der Waals surface area contributed by atoms with Crippen molar-refractivity contribution in [1.29, 1.82) is 0 Å². The van der Waals surface area contributed by atoms with E-state index in [1.165, 1.54) is 11.5 Å². The fourth-order valence-electron chi connectivity index (χ4n) is 1.76. The largest absolute Gasteiger partial charge is 0.491 e. The summed E-state index contributed by atoms with van der Waals surface area (Å²) in [6, 6.07) is 7.98. The summed E-state index contributed by atoms with van der Waals surface area (Å²) < 4.78 is 10.9. The van der Waals surface area contributed by atoms with Crippen LogP contribution in [0.5, 0.6) is 5.75 Å². The zero-order valence-electron chi connectivity index (χ0n) is 12.6. The second kappa shape index (κ2) is 7.77. The van der Waals surface area contributed by atoms with Gasteiger partial charge in [-0.1, -0.05) is 30.8 Å². The first-order valence-corrected chi connectivity index (χ1v) is 8.82. The van der Waals surface area contributed by atoms with Crippen molar-refractivity contribution in [3.8, 4) is 5.75 Å². The van der Waals surface area contributed by atoms with E-state index < -0.39 is 0 Å². The number of ether oxygens (including phenoxy) is 1. The molecule has 1 atom stereocenters. The van der Waals surface area contributed by atoms with E-state index in [-0.39, 0.29) is 12.1 Å². The fourth-order valence-corrected chi connectivity index (χ4v) is 3.47. The summed E-state index contributed by atoms with van der Waals surface area (Å²) in [4.78, 5) is 4.44. The predicted molar refractivity (Wildman–Crippen MR) is 89.1 cm³/mol. The zero-order valence-corrected chi connectivity index (χ0v) is 14.2. The van der Waals surface area contributed by atoms with Gasteiger partial charge in [0.15, 0.2) is 4.34 Å². The Morgan fingerprint density at radius 3 is 2.57 bits per heavy atom. The average Bonchev–Trinajstić information content (AvgIpc) is 2.93. The molecule has 1 aromatic carbocycles. The topological polar surface area (TPSA) is 61.0 Å². The van der Waals surface area contributed by atoms with Crippen molar-refractivity contribution in [3.05, 3.63) is 35.7 Å². The number of nitrogens with two attached hydrogens (primary N) is 1. The van der Waals surface area contributed by atoms with Crippen molar-refractivity contribution >= 4 is 23.3 Å². The molecule has 2 aromatic rings. The molecule has 2 rings (SSSR count). The van der Waals surface area contributed by atoms with E-state index in [0.29, 0.717) is 0 Å². The molecular weight excluding hydrogens is 302 g/mol. The Hall–Kier alpha value is -1.11. The molecule has 0 aliphatic rings. The van der Waals surface area contributed by atoms with Gasteiger partial charge in [-0.15, -0.1) is 0 Å². The fraction of sp³-hybridized carbons (Fsp3) is 0.467. The van der Waals surface area contributed by atoms with Crippen LogP contribution in [0.3, 0.4) is 0 Å². The van der Waals surface area contributed by atoms with E-state index >= 15 is 0 Å². The maximum absolute atomic E-state index is 6.23. The van der Waals surface area contributed by atoms with Crippen molar-refractivity contribution in [2.75, 3.05) is 5.75 Å². The second-order valence-corrected chi connectivity index (χ2v) is 7.00. The molecule has 0 aliphatic heterocycles. The Kier molecular flexibility index (Phi) is 6.02. The lowest BCUT2D eigenvalue weighted by Crippen LogP contribution is -2.13. The van der Waals surface area contributed by atoms with E-state index in [1.807, 2.05) is 38.1 Å². The molecule has 0 radical (unpaired) electrons. The van der Waals surface area contributed by atoms with Gasteiger partial charge in [0.2, 0.25) is 0 Å². The molecule has 4 nitrogen and oxygen atoms in total. The zero-order chi connectivity index (χ0) is 15.2. The first-order valence-electron chi connectivity index (χ1n) is 7.06.